The topological polar surface area (TPSA) is 70.2 Å². The van der Waals surface area contributed by atoms with Gasteiger partial charge in [0.25, 0.3) is 17.7 Å². The number of hydrogen-bond acceptors (Lipinski definition) is 5. The average molecular weight is 462 g/mol. The SMILES string of the molecule is CCOc1ccc(CN2C(=O)c3ccccc3C2=O)cc1C(=O)N1CCN(C2CCCC2)CC1. The molecule has 0 spiro atoms. The van der Waals surface area contributed by atoms with Gasteiger partial charge in [-0.2, -0.15) is 0 Å². The average Bonchev–Trinajstić information content (AvgIpc) is 3.49. The van der Waals surface area contributed by atoms with Crippen molar-refractivity contribution in [2.75, 3.05) is 32.8 Å². The van der Waals surface area contributed by atoms with E-state index in [2.05, 4.69) is 4.90 Å². The molecule has 0 aromatic heterocycles. The first-order valence-electron chi connectivity index (χ1n) is 12.3. The molecule has 2 heterocycles. The Hall–Kier alpha value is -3.19. The highest BCUT2D eigenvalue weighted by Crippen LogP contribution is 2.28. The van der Waals surface area contributed by atoms with Gasteiger partial charge >= 0.3 is 0 Å². The smallest absolute Gasteiger partial charge is 0.261 e. The third-order valence-corrected chi connectivity index (χ3v) is 7.24. The van der Waals surface area contributed by atoms with E-state index in [0.717, 1.165) is 18.7 Å². The van der Waals surface area contributed by atoms with E-state index in [1.807, 2.05) is 17.9 Å². The zero-order valence-corrected chi connectivity index (χ0v) is 19.7. The summed E-state index contributed by atoms with van der Waals surface area (Å²) in [7, 11) is 0. The molecule has 7 nitrogen and oxygen atoms in total. The third kappa shape index (κ3) is 4.20. The van der Waals surface area contributed by atoms with Gasteiger partial charge in [-0.05, 0) is 49.6 Å². The van der Waals surface area contributed by atoms with E-state index >= 15 is 0 Å². The van der Waals surface area contributed by atoms with Crippen LogP contribution in [-0.2, 0) is 6.54 Å². The summed E-state index contributed by atoms with van der Waals surface area (Å²) >= 11 is 0. The van der Waals surface area contributed by atoms with E-state index in [1.54, 1.807) is 36.4 Å². The maximum atomic E-state index is 13.5. The number of fused-ring (bicyclic) bond motifs is 1. The van der Waals surface area contributed by atoms with Crippen molar-refractivity contribution in [3.63, 3.8) is 0 Å². The summed E-state index contributed by atoms with van der Waals surface area (Å²) in [4.78, 5) is 44.7. The number of ether oxygens (including phenoxy) is 1. The summed E-state index contributed by atoms with van der Waals surface area (Å²) in [5, 5.41) is 0. The molecule has 0 N–H and O–H groups in total. The molecule has 3 aliphatic rings. The lowest BCUT2D eigenvalue weighted by Crippen LogP contribution is -2.51. The highest BCUT2D eigenvalue weighted by Gasteiger charge is 2.35. The fourth-order valence-corrected chi connectivity index (χ4v) is 5.42. The summed E-state index contributed by atoms with van der Waals surface area (Å²) in [6.45, 7) is 5.65. The molecule has 0 bridgehead atoms. The minimum atomic E-state index is -0.301. The number of hydrogen-bond donors (Lipinski definition) is 0. The van der Waals surface area contributed by atoms with Gasteiger partial charge in [-0.25, -0.2) is 0 Å². The quantitative estimate of drug-likeness (QED) is 0.615. The Balaban J connectivity index is 1.33. The molecule has 0 unspecified atom stereocenters. The maximum absolute atomic E-state index is 13.5. The van der Waals surface area contributed by atoms with Gasteiger partial charge in [0.05, 0.1) is 29.8 Å². The Morgan fingerprint density at radius 1 is 0.941 bits per heavy atom. The van der Waals surface area contributed by atoms with Gasteiger partial charge < -0.3 is 9.64 Å². The van der Waals surface area contributed by atoms with Crippen LogP contribution < -0.4 is 4.74 Å². The largest absolute Gasteiger partial charge is 0.493 e. The minimum Gasteiger partial charge on any atom is -0.493 e. The molecule has 3 amide bonds. The summed E-state index contributed by atoms with van der Waals surface area (Å²) in [6, 6.07) is 12.9. The molecule has 1 saturated heterocycles. The monoisotopic (exact) mass is 461 g/mol. The van der Waals surface area contributed by atoms with Crippen LogP contribution in [0.1, 0.15) is 69.2 Å². The van der Waals surface area contributed by atoms with Crippen molar-refractivity contribution < 1.29 is 19.1 Å². The van der Waals surface area contributed by atoms with Crippen LogP contribution in [0.4, 0.5) is 0 Å². The van der Waals surface area contributed by atoms with Crippen LogP contribution in [0.25, 0.3) is 0 Å². The molecule has 2 aromatic rings. The van der Waals surface area contributed by atoms with E-state index in [9.17, 15) is 14.4 Å². The molecular weight excluding hydrogens is 430 g/mol. The molecule has 1 aliphatic carbocycles. The second kappa shape index (κ2) is 9.58. The van der Waals surface area contributed by atoms with Crippen LogP contribution in [0, 0.1) is 0 Å². The van der Waals surface area contributed by atoms with Gasteiger partial charge in [-0.1, -0.05) is 31.0 Å². The molecule has 1 saturated carbocycles. The van der Waals surface area contributed by atoms with Crippen molar-refractivity contribution in [2.24, 2.45) is 0 Å². The first kappa shape index (κ1) is 22.6. The predicted octanol–water partition coefficient (Wildman–Crippen LogP) is 3.58. The zero-order valence-electron chi connectivity index (χ0n) is 19.7. The Bertz CT molecular complexity index is 1070. The van der Waals surface area contributed by atoms with Crippen LogP contribution in [0.15, 0.2) is 42.5 Å². The minimum absolute atomic E-state index is 0.0567. The maximum Gasteiger partial charge on any atom is 0.261 e. The first-order valence-corrected chi connectivity index (χ1v) is 12.3. The van der Waals surface area contributed by atoms with Crippen molar-refractivity contribution in [3.8, 4) is 5.75 Å². The first-order chi connectivity index (χ1) is 16.6. The van der Waals surface area contributed by atoms with Gasteiger partial charge in [0.2, 0.25) is 0 Å². The highest BCUT2D eigenvalue weighted by molar-refractivity contribution is 6.21. The number of amides is 3. The molecule has 2 aliphatic heterocycles. The predicted molar refractivity (Wildman–Crippen MR) is 128 cm³/mol. The number of imide groups is 1. The fourth-order valence-electron chi connectivity index (χ4n) is 5.42. The molecule has 0 atom stereocenters. The lowest BCUT2D eigenvalue weighted by molar-refractivity contribution is 0.0569. The van der Waals surface area contributed by atoms with Gasteiger partial charge in [-0.15, -0.1) is 0 Å². The van der Waals surface area contributed by atoms with Crippen molar-refractivity contribution >= 4 is 17.7 Å². The number of piperazine rings is 1. The van der Waals surface area contributed by atoms with E-state index < -0.39 is 0 Å². The van der Waals surface area contributed by atoms with Crippen molar-refractivity contribution in [1.29, 1.82) is 0 Å². The fraction of sp³-hybridized carbons (Fsp3) is 0.444. The summed E-state index contributed by atoms with van der Waals surface area (Å²) in [5.41, 5.74) is 2.07. The van der Waals surface area contributed by atoms with E-state index in [-0.39, 0.29) is 24.3 Å². The van der Waals surface area contributed by atoms with E-state index in [1.165, 1.54) is 30.6 Å². The van der Waals surface area contributed by atoms with Gasteiger partial charge in [-0.3, -0.25) is 24.2 Å². The molecular formula is C27H31N3O4. The van der Waals surface area contributed by atoms with Gasteiger partial charge in [0, 0.05) is 32.2 Å². The molecule has 2 aromatic carbocycles. The molecule has 5 rings (SSSR count). The zero-order chi connectivity index (χ0) is 23.7. The molecule has 2 fully saturated rings. The lowest BCUT2D eigenvalue weighted by atomic mass is 10.1. The van der Waals surface area contributed by atoms with Crippen molar-refractivity contribution in [1.82, 2.24) is 14.7 Å². The van der Waals surface area contributed by atoms with Crippen LogP contribution in [0.3, 0.4) is 0 Å². The van der Waals surface area contributed by atoms with Crippen molar-refractivity contribution in [3.05, 3.63) is 64.7 Å². The summed E-state index contributed by atoms with van der Waals surface area (Å²) in [6.07, 6.45) is 5.15. The number of carbonyl (C=O) groups is 3. The van der Waals surface area contributed by atoms with Crippen molar-refractivity contribution in [2.45, 2.75) is 45.2 Å². The summed E-state index contributed by atoms with van der Waals surface area (Å²) in [5.74, 6) is -0.119. The third-order valence-electron chi connectivity index (χ3n) is 7.24. The summed E-state index contributed by atoms with van der Waals surface area (Å²) < 4.78 is 5.76. The number of carbonyl (C=O) groups excluding carboxylic acids is 3. The number of rotatable bonds is 6. The Labute approximate surface area is 200 Å². The number of benzene rings is 2. The Morgan fingerprint density at radius 3 is 2.21 bits per heavy atom. The Morgan fingerprint density at radius 2 is 1.59 bits per heavy atom. The second-order valence-electron chi connectivity index (χ2n) is 9.27. The van der Waals surface area contributed by atoms with Crippen LogP contribution >= 0.6 is 0 Å². The second-order valence-corrected chi connectivity index (χ2v) is 9.27. The normalized spacial score (nSPS) is 19.1. The van der Waals surface area contributed by atoms with E-state index in [0.29, 0.717) is 48.2 Å². The molecule has 7 heteroatoms. The van der Waals surface area contributed by atoms with Gasteiger partial charge in [0.1, 0.15) is 5.75 Å². The van der Waals surface area contributed by atoms with E-state index in [4.69, 9.17) is 4.74 Å². The molecule has 34 heavy (non-hydrogen) atoms. The standard InChI is InChI=1S/C27H31N3O4/c1-2-34-24-12-11-19(18-30-26(32)21-9-5-6-10-22(21)27(30)33)17-23(24)25(31)29-15-13-28(14-16-29)20-7-3-4-8-20/h5-6,9-12,17,20H,2-4,7-8,13-16,18H2,1H3. The van der Waals surface area contributed by atoms with Gasteiger partial charge in [0.15, 0.2) is 0 Å². The lowest BCUT2D eigenvalue weighted by Gasteiger charge is -2.38. The molecule has 178 valence electrons. The number of nitrogens with zero attached hydrogens (tertiary/aromatic N) is 3. The van der Waals surface area contributed by atoms with Crippen LogP contribution in [0.2, 0.25) is 0 Å². The molecule has 0 radical (unpaired) electrons. The van der Waals surface area contributed by atoms with Crippen LogP contribution in [-0.4, -0.2) is 71.2 Å². The Kier molecular flexibility index (Phi) is 6.37. The highest BCUT2D eigenvalue weighted by atomic mass is 16.5. The van der Waals surface area contributed by atoms with Crippen LogP contribution in [0.5, 0.6) is 5.75 Å².